The van der Waals surface area contributed by atoms with Crippen LogP contribution >= 0.6 is 0 Å². The molecule has 1 amide bonds. The van der Waals surface area contributed by atoms with Crippen LogP contribution in [0.1, 0.15) is 19.8 Å². The van der Waals surface area contributed by atoms with Crippen molar-refractivity contribution in [1.29, 1.82) is 0 Å². The lowest BCUT2D eigenvalue weighted by atomic mass is 9.94. The normalized spacial score (nSPS) is 23.3. The predicted octanol–water partition coefficient (Wildman–Crippen LogP) is 1.42. The monoisotopic (exact) mass is 296 g/mol. The Balaban J connectivity index is 2.16. The van der Waals surface area contributed by atoms with E-state index in [2.05, 4.69) is 17.6 Å². The van der Waals surface area contributed by atoms with Crippen LogP contribution in [0.25, 0.3) is 0 Å². The molecule has 1 aromatic rings. The summed E-state index contributed by atoms with van der Waals surface area (Å²) >= 11 is 0. The first-order chi connectivity index (χ1) is 9.38. The maximum Gasteiger partial charge on any atom is 0.241 e. The van der Waals surface area contributed by atoms with Crippen LogP contribution in [-0.4, -0.2) is 33.2 Å². The highest BCUT2D eigenvalue weighted by molar-refractivity contribution is 7.90. The second-order valence-corrected chi connectivity index (χ2v) is 7.38. The minimum absolute atomic E-state index is 0.150. The van der Waals surface area contributed by atoms with Crippen molar-refractivity contribution in [1.82, 2.24) is 5.32 Å². The highest BCUT2D eigenvalue weighted by Crippen LogP contribution is 2.22. The summed E-state index contributed by atoms with van der Waals surface area (Å²) in [5, 5.41) is 5.89. The van der Waals surface area contributed by atoms with E-state index in [1.807, 2.05) is 0 Å². The molecule has 2 atom stereocenters. The molecule has 2 unspecified atom stereocenters. The van der Waals surface area contributed by atoms with Gasteiger partial charge in [0.15, 0.2) is 9.84 Å². The lowest BCUT2D eigenvalue weighted by molar-refractivity contribution is -0.119. The molecule has 6 heteroatoms. The number of anilines is 1. The minimum atomic E-state index is -3.36. The minimum Gasteiger partial charge on any atom is -0.324 e. The number of piperidine rings is 1. The summed E-state index contributed by atoms with van der Waals surface area (Å²) in [4.78, 5) is 12.4. The number of rotatable bonds is 3. The molecule has 0 aliphatic carbocycles. The summed E-state index contributed by atoms with van der Waals surface area (Å²) in [7, 11) is -3.36. The van der Waals surface area contributed by atoms with Gasteiger partial charge in [-0.15, -0.1) is 0 Å². The van der Waals surface area contributed by atoms with Gasteiger partial charge < -0.3 is 10.6 Å². The molecule has 0 spiro atoms. The fraction of sp³-hybridized carbons (Fsp3) is 0.500. The topological polar surface area (TPSA) is 75.3 Å². The van der Waals surface area contributed by atoms with Crippen molar-refractivity contribution in [3.05, 3.63) is 24.3 Å². The molecule has 1 aliphatic heterocycles. The van der Waals surface area contributed by atoms with Gasteiger partial charge in [0.2, 0.25) is 5.91 Å². The Bertz CT molecular complexity index is 598. The zero-order chi connectivity index (χ0) is 14.8. The first-order valence-electron chi connectivity index (χ1n) is 6.71. The van der Waals surface area contributed by atoms with E-state index in [0.717, 1.165) is 25.6 Å². The Hall–Kier alpha value is -1.40. The van der Waals surface area contributed by atoms with Crippen molar-refractivity contribution in [2.24, 2.45) is 5.92 Å². The molecule has 0 saturated carbocycles. The maximum absolute atomic E-state index is 12.2. The average molecular weight is 296 g/mol. The standard InChI is InChI=1S/C14H20N2O3S/c1-10-7-8-15-12(9-10)14(17)16-11-5-3-4-6-13(11)20(2,18)19/h3-6,10,12,15H,7-9H2,1-2H3,(H,16,17). The number of benzene rings is 1. The molecule has 0 radical (unpaired) electrons. The first kappa shape index (κ1) is 15.0. The molecule has 20 heavy (non-hydrogen) atoms. The lowest BCUT2D eigenvalue weighted by Crippen LogP contribution is -2.45. The van der Waals surface area contributed by atoms with Crippen LogP contribution in [0.4, 0.5) is 5.69 Å². The van der Waals surface area contributed by atoms with Crippen LogP contribution in [0.3, 0.4) is 0 Å². The van der Waals surface area contributed by atoms with E-state index in [9.17, 15) is 13.2 Å². The van der Waals surface area contributed by atoms with E-state index in [4.69, 9.17) is 0 Å². The van der Waals surface area contributed by atoms with Gasteiger partial charge in [0.25, 0.3) is 0 Å². The molecule has 5 nitrogen and oxygen atoms in total. The Labute approximate surface area is 119 Å². The van der Waals surface area contributed by atoms with Gasteiger partial charge in [0.05, 0.1) is 16.6 Å². The zero-order valence-corrected chi connectivity index (χ0v) is 12.5. The average Bonchev–Trinajstić information content (AvgIpc) is 2.38. The van der Waals surface area contributed by atoms with Crippen molar-refractivity contribution in [2.45, 2.75) is 30.7 Å². The van der Waals surface area contributed by atoms with Crippen LogP contribution in [0.5, 0.6) is 0 Å². The number of sulfone groups is 1. The van der Waals surface area contributed by atoms with Gasteiger partial charge in [0, 0.05) is 6.26 Å². The SMILES string of the molecule is CC1CCNC(C(=O)Nc2ccccc2S(C)(=O)=O)C1. The van der Waals surface area contributed by atoms with Gasteiger partial charge >= 0.3 is 0 Å². The van der Waals surface area contributed by atoms with Crippen LogP contribution in [-0.2, 0) is 14.6 Å². The number of hydrogen-bond acceptors (Lipinski definition) is 4. The fourth-order valence-corrected chi connectivity index (χ4v) is 3.26. The molecule has 2 rings (SSSR count). The number of nitrogens with one attached hydrogen (secondary N) is 2. The van der Waals surface area contributed by atoms with Crippen LogP contribution in [0.15, 0.2) is 29.2 Å². The van der Waals surface area contributed by atoms with Crippen molar-refractivity contribution < 1.29 is 13.2 Å². The third-order valence-electron chi connectivity index (χ3n) is 3.53. The fourth-order valence-electron chi connectivity index (χ4n) is 2.42. The highest BCUT2D eigenvalue weighted by atomic mass is 32.2. The van der Waals surface area contributed by atoms with Crippen molar-refractivity contribution in [3.63, 3.8) is 0 Å². The maximum atomic E-state index is 12.2. The highest BCUT2D eigenvalue weighted by Gasteiger charge is 2.25. The van der Waals surface area contributed by atoms with Gasteiger partial charge in [-0.1, -0.05) is 19.1 Å². The van der Waals surface area contributed by atoms with E-state index in [1.165, 1.54) is 6.07 Å². The van der Waals surface area contributed by atoms with Gasteiger partial charge in [0.1, 0.15) is 0 Å². The molecule has 1 aliphatic rings. The molecule has 1 fully saturated rings. The first-order valence-corrected chi connectivity index (χ1v) is 8.60. The Morgan fingerprint density at radius 3 is 2.70 bits per heavy atom. The summed E-state index contributed by atoms with van der Waals surface area (Å²) < 4.78 is 23.4. The molecular formula is C14H20N2O3S. The van der Waals surface area contributed by atoms with Crippen LogP contribution < -0.4 is 10.6 Å². The van der Waals surface area contributed by atoms with Gasteiger partial charge in [-0.3, -0.25) is 4.79 Å². The number of para-hydroxylation sites is 1. The molecule has 2 N–H and O–H groups in total. The number of carbonyl (C=O) groups is 1. The summed E-state index contributed by atoms with van der Waals surface area (Å²) in [6.45, 7) is 2.93. The van der Waals surface area contributed by atoms with E-state index in [1.54, 1.807) is 18.2 Å². The Kier molecular flexibility index (Phi) is 4.45. The molecule has 1 heterocycles. The lowest BCUT2D eigenvalue weighted by Gasteiger charge is -2.27. The second-order valence-electron chi connectivity index (χ2n) is 5.39. The van der Waals surface area contributed by atoms with E-state index in [-0.39, 0.29) is 16.8 Å². The number of hydrogen-bond donors (Lipinski definition) is 2. The molecule has 1 aromatic carbocycles. The third kappa shape index (κ3) is 3.58. The van der Waals surface area contributed by atoms with E-state index < -0.39 is 9.84 Å². The van der Waals surface area contributed by atoms with Crippen molar-refractivity contribution in [3.8, 4) is 0 Å². The zero-order valence-electron chi connectivity index (χ0n) is 11.7. The smallest absolute Gasteiger partial charge is 0.241 e. The number of amides is 1. The van der Waals surface area contributed by atoms with Crippen molar-refractivity contribution in [2.75, 3.05) is 18.1 Å². The summed E-state index contributed by atoms with van der Waals surface area (Å²) in [5.41, 5.74) is 0.347. The van der Waals surface area contributed by atoms with E-state index >= 15 is 0 Å². The Morgan fingerprint density at radius 2 is 2.05 bits per heavy atom. The van der Waals surface area contributed by atoms with Gasteiger partial charge in [-0.2, -0.15) is 0 Å². The van der Waals surface area contributed by atoms with E-state index in [0.29, 0.717) is 11.6 Å². The summed E-state index contributed by atoms with van der Waals surface area (Å²) in [6, 6.07) is 6.21. The number of carbonyl (C=O) groups excluding carboxylic acids is 1. The van der Waals surface area contributed by atoms with Crippen LogP contribution in [0.2, 0.25) is 0 Å². The Morgan fingerprint density at radius 1 is 1.35 bits per heavy atom. The molecule has 1 saturated heterocycles. The largest absolute Gasteiger partial charge is 0.324 e. The predicted molar refractivity (Wildman–Crippen MR) is 78.4 cm³/mol. The van der Waals surface area contributed by atoms with Crippen molar-refractivity contribution >= 4 is 21.4 Å². The molecular weight excluding hydrogens is 276 g/mol. The molecule has 110 valence electrons. The summed E-state index contributed by atoms with van der Waals surface area (Å²) in [6.07, 6.45) is 2.97. The van der Waals surface area contributed by atoms with Crippen LogP contribution in [0, 0.1) is 5.92 Å². The third-order valence-corrected chi connectivity index (χ3v) is 4.68. The quantitative estimate of drug-likeness (QED) is 0.884. The second kappa shape index (κ2) is 5.93. The summed E-state index contributed by atoms with van der Waals surface area (Å²) in [5.74, 6) is 0.324. The molecule has 0 bridgehead atoms. The van der Waals surface area contributed by atoms with Gasteiger partial charge in [-0.05, 0) is 37.4 Å². The van der Waals surface area contributed by atoms with Gasteiger partial charge in [-0.25, -0.2) is 8.42 Å². The molecule has 0 aromatic heterocycles.